The average Bonchev–Trinajstić information content (AvgIpc) is 2.23. The lowest BCUT2D eigenvalue weighted by Gasteiger charge is -2.42. The Bertz CT molecular complexity index is 252. The van der Waals surface area contributed by atoms with E-state index in [1.165, 1.54) is 25.9 Å². The minimum absolute atomic E-state index is 0.452. The highest BCUT2D eigenvalue weighted by atomic mass is 15.2. The van der Waals surface area contributed by atoms with Crippen molar-refractivity contribution in [3.63, 3.8) is 0 Å². The van der Waals surface area contributed by atoms with Crippen LogP contribution in [0.1, 0.15) is 61.3 Å². The molecule has 1 rings (SSSR count). The van der Waals surface area contributed by atoms with E-state index < -0.39 is 0 Å². The topological polar surface area (TPSA) is 15.3 Å². The minimum atomic E-state index is 0.452. The Morgan fingerprint density at radius 1 is 1.11 bits per heavy atom. The number of rotatable bonds is 5. The lowest BCUT2D eigenvalue weighted by Crippen LogP contribution is -2.52. The van der Waals surface area contributed by atoms with Gasteiger partial charge in [-0.1, -0.05) is 34.6 Å². The normalized spacial score (nSPS) is 26.4. The molecule has 0 bridgehead atoms. The van der Waals surface area contributed by atoms with Crippen molar-refractivity contribution < 1.29 is 0 Å². The summed E-state index contributed by atoms with van der Waals surface area (Å²) in [6.07, 6.45) is 2.70. The predicted molar refractivity (Wildman–Crippen MR) is 85.5 cm³/mol. The summed E-state index contributed by atoms with van der Waals surface area (Å²) >= 11 is 0. The van der Waals surface area contributed by atoms with Gasteiger partial charge in [-0.15, -0.1) is 0 Å². The number of nitrogens with one attached hydrogen (secondary N) is 1. The van der Waals surface area contributed by atoms with E-state index >= 15 is 0 Å². The maximum atomic E-state index is 3.78. The quantitative estimate of drug-likeness (QED) is 0.816. The fourth-order valence-electron chi connectivity index (χ4n) is 3.23. The van der Waals surface area contributed by atoms with Gasteiger partial charge in [-0.05, 0) is 50.5 Å². The van der Waals surface area contributed by atoms with Crippen LogP contribution in [0.5, 0.6) is 0 Å². The Kier molecular flexibility index (Phi) is 6.32. The molecule has 0 aromatic carbocycles. The summed E-state index contributed by atoms with van der Waals surface area (Å²) in [6, 6.07) is 1.36. The SMILES string of the molecule is CC(C)CNC1CC(CC(C)(C)C)CN(C(C)C)C1. The molecular formula is C17H36N2. The zero-order valence-electron chi connectivity index (χ0n) is 14.3. The number of hydrogen-bond donors (Lipinski definition) is 1. The van der Waals surface area contributed by atoms with Gasteiger partial charge in [0, 0.05) is 25.2 Å². The van der Waals surface area contributed by atoms with Gasteiger partial charge in [0.2, 0.25) is 0 Å². The first kappa shape index (κ1) is 17.0. The Morgan fingerprint density at radius 3 is 2.21 bits per heavy atom. The van der Waals surface area contributed by atoms with Crippen molar-refractivity contribution in [2.24, 2.45) is 17.3 Å². The number of hydrogen-bond acceptors (Lipinski definition) is 2. The van der Waals surface area contributed by atoms with E-state index in [4.69, 9.17) is 0 Å². The molecular weight excluding hydrogens is 232 g/mol. The molecule has 1 saturated heterocycles. The second-order valence-electron chi connectivity index (χ2n) is 8.41. The van der Waals surface area contributed by atoms with E-state index in [0.29, 0.717) is 17.5 Å². The molecule has 2 unspecified atom stereocenters. The van der Waals surface area contributed by atoms with Crippen LogP contribution in [0.25, 0.3) is 0 Å². The summed E-state index contributed by atoms with van der Waals surface area (Å²) in [6.45, 7) is 20.0. The van der Waals surface area contributed by atoms with Crippen LogP contribution in [0.15, 0.2) is 0 Å². The molecule has 0 aromatic rings. The first-order valence-electron chi connectivity index (χ1n) is 8.15. The van der Waals surface area contributed by atoms with Crippen LogP contribution in [0.3, 0.4) is 0 Å². The molecule has 2 atom stereocenters. The second kappa shape index (κ2) is 7.08. The molecule has 0 radical (unpaired) electrons. The van der Waals surface area contributed by atoms with E-state index in [0.717, 1.165) is 18.4 Å². The standard InChI is InChI=1S/C17H36N2/c1-13(2)10-18-16-8-15(9-17(5,6)7)11-19(12-16)14(3)4/h13-16,18H,8-12H2,1-7H3. The van der Waals surface area contributed by atoms with Crippen LogP contribution < -0.4 is 5.32 Å². The third-order valence-corrected chi connectivity index (χ3v) is 4.01. The van der Waals surface area contributed by atoms with E-state index in [9.17, 15) is 0 Å². The van der Waals surface area contributed by atoms with Crippen molar-refractivity contribution in [2.75, 3.05) is 19.6 Å². The third-order valence-electron chi connectivity index (χ3n) is 4.01. The van der Waals surface area contributed by atoms with E-state index in [2.05, 4.69) is 58.7 Å². The Balaban J connectivity index is 2.57. The average molecular weight is 268 g/mol. The molecule has 2 heteroatoms. The summed E-state index contributed by atoms with van der Waals surface area (Å²) in [4.78, 5) is 2.66. The van der Waals surface area contributed by atoms with Crippen molar-refractivity contribution >= 4 is 0 Å². The molecule has 1 heterocycles. The summed E-state index contributed by atoms with van der Waals surface area (Å²) in [5.41, 5.74) is 0.452. The zero-order chi connectivity index (χ0) is 14.6. The Labute approximate surface area is 121 Å². The van der Waals surface area contributed by atoms with Crippen LogP contribution >= 0.6 is 0 Å². The summed E-state index contributed by atoms with van der Waals surface area (Å²) in [5, 5.41) is 3.78. The molecule has 1 aliphatic rings. The van der Waals surface area contributed by atoms with Gasteiger partial charge in [-0.3, -0.25) is 4.90 Å². The molecule has 0 aliphatic carbocycles. The van der Waals surface area contributed by atoms with E-state index in [1.54, 1.807) is 0 Å². The number of nitrogens with zero attached hydrogens (tertiary/aromatic N) is 1. The largest absolute Gasteiger partial charge is 0.312 e. The second-order valence-corrected chi connectivity index (χ2v) is 8.41. The maximum absolute atomic E-state index is 3.78. The van der Waals surface area contributed by atoms with Crippen molar-refractivity contribution in [3.05, 3.63) is 0 Å². The molecule has 114 valence electrons. The first-order chi connectivity index (χ1) is 8.67. The molecule has 19 heavy (non-hydrogen) atoms. The van der Waals surface area contributed by atoms with Gasteiger partial charge in [-0.25, -0.2) is 0 Å². The van der Waals surface area contributed by atoms with Gasteiger partial charge in [0.05, 0.1) is 0 Å². The molecule has 2 nitrogen and oxygen atoms in total. The lowest BCUT2D eigenvalue weighted by molar-refractivity contribution is 0.0891. The minimum Gasteiger partial charge on any atom is -0.312 e. The predicted octanol–water partition coefficient (Wildman–Crippen LogP) is 3.77. The molecule has 0 saturated carbocycles. The fourth-order valence-corrected chi connectivity index (χ4v) is 3.23. The lowest BCUT2D eigenvalue weighted by atomic mass is 9.79. The first-order valence-corrected chi connectivity index (χ1v) is 8.15. The molecule has 1 fully saturated rings. The molecule has 0 amide bonds. The number of likely N-dealkylation sites (tertiary alicyclic amines) is 1. The van der Waals surface area contributed by atoms with Crippen molar-refractivity contribution in [2.45, 2.75) is 73.4 Å². The highest BCUT2D eigenvalue weighted by molar-refractivity contribution is 4.87. The van der Waals surface area contributed by atoms with Crippen LogP contribution in [0.4, 0.5) is 0 Å². The monoisotopic (exact) mass is 268 g/mol. The molecule has 1 aliphatic heterocycles. The van der Waals surface area contributed by atoms with Crippen LogP contribution in [0.2, 0.25) is 0 Å². The summed E-state index contributed by atoms with van der Waals surface area (Å²) in [7, 11) is 0. The van der Waals surface area contributed by atoms with Gasteiger partial charge in [0.1, 0.15) is 0 Å². The molecule has 0 spiro atoms. The fraction of sp³-hybridized carbons (Fsp3) is 1.00. The van der Waals surface area contributed by atoms with Gasteiger partial charge in [-0.2, -0.15) is 0 Å². The third kappa shape index (κ3) is 6.76. The Hall–Kier alpha value is -0.0800. The maximum Gasteiger partial charge on any atom is 0.0198 e. The highest BCUT2D eigenvalue weighted by Crippen LogP contribution is 2.30. The van der Waals surface area contributed by atoms with Gasteiger partial charge < -0.3 is 5.32 Å². The van der Waals surface area contributed by atoms with E-state index in [1.807, 2.05) is 0 Å². The van der Waals surface area contributed by atoms with Crippen LogP contribution in [0, 0.1) is 17.3 Å². The van der Waals surface area contributed by atoms with Gasteiger partial charge in [0.15, 0.2) is 0 Å². The van der Waals surface area contributed by atoms with Gasteiger partial charge in [0.25, 0.3) is 0 Å². The molecule has 0 aromatic heterocycles. The van der Waals surface area contributed by atoms with Gasteiger partial charge >= 0.3 is 0 Å². The Morgan fingerprint density at radius 2 is 1.74 bits per heavy atom. The number of piperidine rings is 1. The van der Waals surface area contributed by atoms with Crippen LogP contribution in [-0.4, -0.2) is 36.6 Å². The van der Waals surface area contributed by atoms with E-state index in [-0.39, 0.29) is 0 Å². The van der Waals surface area contributed by atoms with Crippen molar-refractivity contribution in [3.8, 4) is 0 Å². The van der Waals surface area contributed by atoms with Crippen molar-refractivity contribution in [1.82, 2.24) is 10.2 Å². The highest BCUT2D eigenvalue weighted by Gasteiger charge is 2.30. The molecule has 1 N–H and O–H groups in total. The summed E-state index contributed by atoms with van der Waals surface area (Å²) in [5.74, 6) is 1.59. The smallest absolute Gasteiger partial charge is 0.0198 e. The zero-order valence-corrected chi connectivity index (χ0v) is 14.3. The van der Waals surface area contributed by atoms with Crippen LogP contribution in [-0.2, 0) is 0 Å². The van der Waals surface area contributed by atoms with Crippen molar-refractivity contribution in [1.29, 1.82) is 0 Å². The summed E-state index contributed by atoms with van der Waals surface area (Å²) < 4.78 is 0.